The van der Waals surface area contributed by atoms with E-state index in [1.165, 1.54) is 5.39 Å². The first-order valence-corrected chi connectivity index (χ1v) is 14.4. The quantitative estimate of drug-likeness (QED) is 0.199. The molecule has 1 nitrogen and oxygen atoms in total. The van der Waals surface area contributed by atoms with Gasteiger partial charge in [-0.15, -0.1) is 0 Å². The van der Waals surface area contributed by atoms with Crippen molar-refractivity contribution in [3.63, 3.8) is 0 Å². The molecule has 43 heavy (non-hydrogen) atoms. The number of hydrogen-bond acceptors (Lipinski definition) is 1. The molecule has 0 saturated heterocycles. The maximum Gasteiger partial charge on any atom is 0.136 e. The van der Waals surface area contributed by atoms with Gasteiger partial charge in [-0.05, 0) is 77.8 Å². The molecule has 0 aliphatic carbocycles. The van der Waals surface area contributed by atoms with Gasteiger partial charge in [-0.1, -0.05) is 145 Å². The minimum absolute atomic E-state index is 0.200. The fraction of sp³-hybridized carbons (Fsp3) is 0. The predicted octanol–water partition coefficient (Wildman–Crippen LogP) is 12.0. The van der Waals surface area contributed by atoms with Crippen LogP contribution in [0.25, 0.3) is 87.6 Å². The third-order valence-corrected chi connectivity index (χ3v) is 8.55. The van der Waals surface area contributed by atoms with E-state index in [0.717, 1.165) is 71.1 Å². The molecule has 0 N–H and O–H groups in total. The van der Waals surface area contributed by atoms with E-state index < -0.39 is 6.04 Å². The van der Waals surface area contributed by atoms with Gasteiger partial charge in [-0.3, -0.25) is 0 Å². The van der Waals surface area contributed by atoms with Crippen LogP contribution in [0.3, 0.4) is 0 Å². The molecule has 0 amide bonds. The SMILES string of the molecule is [2H]c1c([2H])c([2H])c(-c2ccc(-c3c4ccccc4c(-c4cccc5oc6ccc7ccccc7c6c45)c4ccccc34)cc2)c([2H])c1[2H]. The van der Waals surface area contributed by atoms with Crippen LogP contribution in [-0.4, -0.2) is 0 Å². The van der Waals surface area contributed by atoms with Crippen molar-refractivity contribution in [3.05, 3.63) is 158 Å². The van der Waals surface area contributed by atoms with Crippen LogP contribution in [0.1, 0.15) is 6.85 Å². The average molecular weight is 552 g/mol. The Hall–Kier alpha value is -5.66. The van der Waals surface area contributed by atoms with Gasteiger partial charge in [0.05, 0.1) is 6.85 Å². The first-order valence-electron chi connectivity index (χ1n) is 16.9. The molecule has 0 fully saturated rings. The van der Waals surface area contributed by atoms with E-state index >= 15 is 0 Å². The summed E-state index contributed by atoms with van der Waals surface area (Å²) in [7, 11) is 0. The van der Waals surface area contributed by atoms with E-state index in [9.17, 15) is 0 Å². The Morgan fingerprint density at radius 1 is 0.395 bits per heavy atom. The lowest BCUT2D eigenvalue weighted by Gasteiger charge is -2.18. The van der Waals surface area contributed by atoms with E-state index in [2.05, 4.69) is 97.1 Å². The van der Waals surface area contributed by atoms with Crippen LogP contribution in [0, 0.1) is 0 Å². The summed E-state index contributed by atoms with van der Waals surface area (Å²) in [5.74, 6) is 0. The largest absolute Gasteiger partial charge is 0.456 e. The molecule has 0 aliphatic rings. The standard InChI is InChI=1S/C42H26O/c1-2-11-27(12-3-1)28-21-23-30(24-22-28)39-32-15-6-8-17-34(32)40(35-18-9-7-16-33(35)39)36-19-10-20-37-42(36)41-31-14-5-4-13-29(31)25-26-38(41)43-37/h1-26H/i1D,2D,3D,11D,12D. The summed E-state index contributed by atoms with van der Waals surface area (Å²) < 4.78 is 47.7. The van der Waals surface area contributed by atoms with Crippen molar-refractivity contribution in [1.82, 2.24) is 0 Å². The molecule has 0 radical (unpaired) electrons. The Balaban J connectivity index is 1.33. The highest BCUT2D eigenvalue weighted by atomic mass is 16.3. The zero-order valence-corrected chi connectivity index (χ0v) is 23.0. The van der Waals surface area contributed by atoms with E-state index in [-0.39, 0.29) is 29.7 Å². The summed E-state index contributed by atoms with van der Waals surface area (Å²) in [4.78, 5) is 0. The van der Waals surface area contributed by atoms with Gasteiger partial charge < -0.3 is 4.42 Å². The minimum Gasteiger partial charge on any atom is -0.456 e. The summed E-state index contributed by atoms with van der Waals surface area (Å²) >= 11 is 0. The molecule has 0 aliphatic heterocycles. The van der Waals surface area contributed by atoms with Gasteiger partial charge in [0.15, 0.2) is 0 Å². The van der Waals surface area contributed by atoms with Crippen LogP contribution < -0.4 is 0 Å². The average Bonchev–Trinajstić information content (AvgIpc) is 3.52. The van der Waals surface area contributed by atoms with Crippen molar-refractivity contribution in [1.29, 1.82) is 0 Å². The second kappa shape index (κ2) is 9.44. The molecule has 0 bridgehead atoms. The molecule has 0 unspecified atom stereocenters. The van der Waals surface area contributed by atoms with Crippen LogP contribution in [0.15, 0.2) is 162 Å². The van der Waals surface area contributed by atoms with Crippen molar-refractivity contribution in [2.75, 3.05) is 0 Å². The van der Waals surface area contributed by atoms with Gasteiger partial charge in [0.1, 0.15) is 11.2 Å². The summed E-state index contributed by atoms with van der Waals surface area (Å²) in [6.45, 7) is 0. The number of fused-ring (bicyclic) bond motifs is 7. The van der Waals surface area contributed by atoms with Gasteiger partial charge in [-0.2, -0.15) is 0 Å². The van der Waals surface area contributed by atoms with Crippen molar-refractivity contribution < 1.29 is 11.3 Å². The van der Waals surface area contributed by atoms with Crippen LogP contribution >= 0.6 is 0 Å². The molecular formula is C42H26O. The van der Waals surface area contributed by atoms with Crippen molar-refractivity contribution in [2.45, 2.75) is 0 Å². The minimum atomic E-state index is -0.393. The Kier molecular flexibility index (Phi) is 4.27. The highest BCUT2D eigenvalue weighted by molar-refractivity contribution is 6.28. The molecule has 9 aromatic rings. The topological polar surface area (TPSA) is 13.1 Å². The molecular weight excluding hydrogens is 520 g/mol. The monoisotopic (exact) mass is 551 g/mol. The predicted molar refractivity (Wildman–Crippen MR) is 183 cm³/mol. The molecule has 1 aromatic heterocycles. The van der Waals surface area contributed by atoms with Crippen molar-refractivity contribution >= 4 is 54.3 Å². The lowest BCUT2D eigenvalue weighted by Crippen LogP contribution is -1.91. The van der Waals surface area contributed by atoms with Gasteiger partial charge in [-0.25, -0.2) is 0 Å². The third-order valence-electron chi connectivity index (χ3n) is 8.55. The second-order valence-electron chi connectivity index (χ2n) is 10.9. The Labute approximate surface area is 256 Å². The lowest BCUT2D eigenvalue weighted by molar-refractivity contribution is 0.669. The van der Waals surface area contributed by atoms with Gasteiger partial charge in [0.2, 0.25) is 0 Å². The number of rotatable bonds is 3. The Morgan fingerprint density at radius 2 is 0.977 bits per heavy atom. The zero-order chi connectivity index (χ0) is 32.7. The van der Waals surface area contributed by atoms with E-state index in [4.69, 9.17) is 11.3 Å². The first-order chi connectivity index (χ1) is 23.4. The summed E-state index contributed by atoms with van der Waals surface area (Å²) in [5, 5.41) is 8.94. The second-order valence-corrected chi connectivity index (χ2v) is 10.9. The number of benzene rings is 8. The smallest absolute Gasteiger partial charge is 0.136 e. The van der Waals surface area contributed by atoms with Gasteiger partial charge >= 0.3 is 0 Å². The van der Waals surface area contributed by atoms with Crippen molar-refractivity contribution in [2.24, 2.45) is 0 Å². The maximum atomic E-state index is 8.47. The van der Waals surface area contributed by atoms with Crippen LogP contribution in [0.2, 0.25) is 0 Å². The van der Waals surface area contributed by atoms with Gasteiger partial charge in [0.25, 0.3) is 0 Å². The highest BCUT2D eigenvalue weighted by Crippen LogP contribution is 2.47. The molecule has 1 heteroatoms. The molecule has 200 valence electrons. The molecule has 0 atom stereocenters. The summed E-state index contributed by atoms with van der Waals surface area (Å²) in [5.41, 5.74) is 6.78. The molecule has 1 heterocycles. The molecule has 8 aromatic carbocycles. The highest BCUT2D eigenvalue weighted by Gasteiger charge is 2.21. The van der Waals surface area contributed by atoms with E-state index in [0.29, 0.717) is 5.56 Å². The molecule has 0 saturated carbocycles. The molecule has 9 rings (SSSR count). The fourth-order valence-electron chi connectivity index (χ4n) is 6.72. The zero-order valence-electron chi connectivity index (χ0n) is 28.0. The maximum absolute atomic E-state index is 8.47. The van der Waals surface area contributed by atoms with Crippen LogP contribution in [0.5, 0.6) is 0 Å². The fourth-order valence-corrected chi connectivity index (χ4v) is 6.72. The lowest BCUT2D eigenvalue weighted by atomic mass is 9.84. The third kappa shape index (κ3) is 3.65. The number of hydrogen-bond donors (Lipinski definition) is 0. The summed E-state index contributed by atoms with van der Waals surface area (Å²) in [6.07, 6.45) is 0. The molecule has 0 spiro atoms. The van der Waals surface area contributed by atoms with Gasteiger partial charge in [0, 0.05) is 10.8 Å². The summed E-state index contributed by atoms with van der Waals surface area (Å²) in [6, 6.07) is 42.1. The first kappa shape index (κ1) is 19.5. The number of furan rings is 1. The Morgan fingerprint density at radius 3 is 1.67 bits per heavy atom. The van der Waals surface area contributed by atoms with Crippen molar-refractivity contribution in [3.8, 4) is 33.4 Å². The Bertz CT molecular complexity index is 2690. The van der Waals surface area contributed by atoms with Crippen LogP contribution in [0.4, 0.5) is 0 Å². The van der Waals surface area contributed by atoms with E-state index in [1.807, 2.05) is 30.3 Å². The normalized spacial score (nSPS) is 13.3. The van der Waals surface area contributed by atoms with Crippen LogP contribution in [-0.2, 0) is 0 Å². The van der Waals surface area contributed by atoms with E-state index in [1.54, 1.807) is 0 Å².